The van der Waals surface area contributed by atoms with Crippen LogP contribution in [0.3, 0.4) is 0 Å². The van der Waals surface area contributed by atoms with Crippen molar-refractivity contribution in [1.82, 2.24) is 19.6 Å². The number of rotatable bonds is 6. The van der Waals surface area contributed by atoms with E-state index in [-0.39, 0.29) is 28.5 Å². The molecule has 2 atom stereocenters. The first-order valence-corrected chi connectivity index (χ1v) is 14.0. The van der Waals surface area contributed by atoms with Gasteiger partial charge in [0.25, 0.3) is 5.91 Å². The van der Waals surface area contributed by atoms with E-state index in [1.54, 1.807) is 65.6 Å². The monoisotopic (exact) mass is 547 g/mol. The maximum Gasteiger partial charge on any atom is 0.410 e. The molecule has 12 heteroatoms. The number of hydrogen-bond donors (Lipinski definition) is 1. The van der Waals surface area contributed by atoms with Crippen LogP contribution in [0.4, 0.5) is 19.0 Å². The molecule has 0 spiro atoms. The summed E-state index contributed by atoms with van der Waals surface area (Å²) in [6.45, 7) is 1.92. The lowest BCUT2D eigenvalue weighted by Gasteiger charge is -2.36. The van der Waals surface area contributed by atoms with Crippen LogP contribution in [-0.2, 0) is 9.84 Å². The number of nitrogens with zero attached hydrogens (tertiary/aromatic N) is 4. The lowest BCUT2D eigenvalue weighted by Crippen LogP contribution is -2.49. The highest BCUT2D eigenvalue weighted by molar-refractivity contribution is 7.91. The van der Waals surface area contributed by atoms with E-state index in [1.165, 1.54) is 6.20 Å². The Morgan fingerprint density at radius 3 is 2.24 bits per heavy atom. The van der Waals surface area contributed by atoms with Crippen LogP contribution in [0, 0.1) is 0 Å². The predicted octanol–water partition coefficient (Wildman–Crippen LogP) is 3.78. The van der Waals surface area contributed by atoms with Gasteiger partial charge in [-0.15, -0.1) is 0 Å². The third-order valence-electron chi connectivity index (χ3n) is 7.11. The third-order valence-corrected chi connectivity index (χ3v) is 8.82. The third kappa shape index (κ3) is 5.41. The number of nitrogens with one attached hydrogen (secondary N) is 1. The first kappa shape index (κ1) is 26.2. The standard InChI is InChI=1S/C26H28F3N5O3S/c27-26(28,29)23-17-22(19-7-3-1-4-8-19)31-24-21(18-30-34(23)24)25(35)33-13-11-32(12-14-33)15-16-38(36,37)20-9-5-2-6-10-20/h1-10,18,22-23,31H,11-17H2. The highest BCUT2D eigenvalue weighted by Gasteiger charge is 2.47. The van der Waals surface area contributed by atoms with Gasteiger partial charge in [0.2, 0.25) is 0 Å². The molecule has 5 rings (SSSR count). The summed E-state index contributed by atoms with van der Waals surface area (Å²) in [6.07, 6.45) is -3.56. The Morgan fingerprint density at radius 1 is 0.974 bits per heavy atom. The number of hydrogen-bond acceptors (Lipinski definition) is 6. The first-order chi connectivity index (χ1) is 18.1. The smallest absolute Gasteiger partial charge is 0.363 e. The second-order valence-corrected chi connectivity index (χ2v) is 11.6. The van der Waals surface area contributed by atoms with Gasteiger partial charge in [-0.1, -0.05) is 48.5 Å². The number of carbonyl (C=O) groups excluding carboxylic acids is 1. The van der Waals surface area contributed by atoms with Crippen LogP contribution >= 0.6 is 0 Å². The van der Waals surface area contributed by atoms with E-state index < -0.39 is 34.0 Å². The van der Waals surface area contributed by atoms with E-state index in [9.17, 15) is 26.4 Å². The van der Waals surface area contributed by atoms with Crippen molar-refractivity contribution in [3.8, 4) is 0 Å². The fraction of sp³-hybridized carbons (Fsp3) is 0.385. The van der Waals surface area contributed by atoms with Crippen molar-refractivity contribution >= 4 is 21.6 Å². The zero-order valence-electron chi connectivity index (χ0n) is 20.5. The number of fused-ring (bicyclic) bond motifs is 1. The van der Waals surface area contributed by atoms with Gasteiger partial charge in [0, 0.05) is 39.1 Å². The van der Waals surface area contributed by atoms with Gasteiger partial charge in [0.15, 0.2) is 15.9 Å². The van der Waals surface area contributed by atoms with E-state index >= 15 is 0 Å². The average molecular weight is 548 g/mol. The van der Waals surface area contributed by atoms with E-state index in [2.05, 4.69) is 10.4 Å². The Hall–Kier alpha value is -3.38. The Kier molecular flexibility index (Phi) is 7.19. The normalized spacial score (nSPS) is 20.6. The summed E-state index contributed by atoms with van der Waals surface area (Å²) in [6, 6.07) is 14.6. The summed E-state index contributed by atoms with van der Waals surface area (Å²) in [5.74, 6) is -0.371. The average Bonchev–Trinajstić information content (AvgIpc) is 3.36. The van der Waals surface area contributed by atoms with Crippen LogP contribution in [0.1, 0.15) is 34.4 Å². The fourth-order valence-electron chi connectivity index (χ4n) is 4.96. The van der Waals surface area contributed by atoms with Crippen molar-refractivity contribution in [3.05, 3.63) is 78.0 Å². The van der Waals surface area contributed by atoms with Crippen molar-refractivity contribution in [2.75, 3.05) is 43.8 Å². The molecule has 38 heavy (non-hydrogen) atoms. The van der Waals surface area contributed by atoms with Crippen molar-refractivity contribution in [1.29, 1.82) is 0 Å². The number of sulfone groups is 1. The molecule has 1 N–H and O–H groups in total. The largest absolute Gasteiger partial charge is 0.410 e. The number of alkyl halides is 3. The molecule has 3 heterocycles. The SMILES string of the molecule is O=C(c1cnn2c1NC(c1ccccc1)CC2C(F)(F)F)N1CCN(CCS(=O)(=O)c2ccccc2)CC1. The highest BCUT2D eigenvalue weighted by atomic mass is 32.2. The zero-order valence-corrected chi connectivity index (χ0v) is 21.3. The summed E-state index contributed by atoms with van der Waals surface area (Å²) in [4.78, 5) is 17.2. The summed E-state index contributed by atoms with van der Waals surface area (Å²) >= 11 is 0. The van der Waals surface area contributed by atoms with Crippen molar-refractivity contribution in [2.24, 2.45) is 0 Å². The Balaban J connectivity index is 1.26. The topological polar surface area (TPSA) is 87.5 Å². The van der Waals surface area contributed by atoms with Crippen molar-refractivity contribution in [3.63, 3.8) is 0 Å². The Morgan fingerprint density at radius 2 is 1.61 bits per heavy atom. The molecule has 8 nitrogen and oxygen atoms in total. The van der Waals surface area contributed by atoms with E-state index in [0.29, 0.717) is 38.3 Å². The lowest BCUT2D eigenvalue weighted by atomic mass is 9.96. The van der Waals surface area contributed by atoms with Crippen LogP contribution in [0.25, 0.3) is 0 Å². The summed E-state index contributed by atoms with van der Waals surface area (Å²) in [7, 11) is -3.41. The molecule has 0 saturated carbocycles. The molecule has 0 bridgehead atoms. The molecule has 2 aromatic carbocycles. The fourth-order valence-corrected chi connectivity index (χ4v) is 6.27. The van der Waals surface area contributed by atoms with E-state index in [0.717, 1.165) is 4.68 Å². The second-order valence-electron chi connectivity index (χ2n) is 9.52. The summed E-state index contributed by atoms with van der Waals surface area (Å²) in [5.41, 5.74) is 0.798. The molecule has 1 fully saturated rings. The first-order valence-electron chi connectivity index (χ1n) is 12.4. The van der Waals surface area contributed by atoms with Gasteiger partial charge >= 0.3 is 6.18 Å². The maximum atomic E-state index is 13.9. The van der Waals surface area contributed by atoms with Gasteiger partial charge < -0.3 is 10.2 Å². The molecular weight excluding hydrogens is 519 g/mol. The quantitative estimate of drug-likeness (QED) is 0.506. The van der Waals surface area contributed by atoms with Gasteiger partial charge in [-0.25, -0.2) is 13.1 Å². The number of anilines is 1. The second kappa shape index (κ2) is 10.4. The van der Waals surface area contributed by atoms with Crippen molar-refractivity contribution in [2.45, 2.75) is 29.6 Å². The molecule has 2 aliphatic heterocycles. The molecular formula is C26H28F3N5O3S. The molecule has 2 aliphatic rings. The number of aromatic nitrogens is 2. The molecule has 1 aromatic heterocycles. The number of carbonyl (C=O) groups is 1. The molecule has 202 valence electrons. The van der Waals surface area contributed by atoms with Crippen LogP contribution in [-0.4, -0.2) is 78.6 Å². The molecule has 1 amide bonds. The minimum atomic E-state index is -4.53. The highest BCUT2D eigenvalue weighted by Crippen LogP contribution is 2.44. The van der Waals surface area contributed by atoms with Crippen LogP contribution in [0.2, 0.25) is 0 Å². The number of piperazine rings is 1. The predicted molar refractivity (Wildman–Crippen MR) is 136 cm³/mol. The molecule has 0 radical (unpaired) electrons. The van der Waals surface area contributed by atoms with Gasteiger partial charge in [0.05, 0.1) is 22.9 Å². The van der Waals surface area contributed by atoms with Gasteiger partial charge in [-0.3, -0.25) is 9.69 Å². The summed E-state index contributed by atoms with van der Waals surface area (Å²) in [5, 5.41) is 7.08. The molecule has 3 aromatic rings. The van der Waals surface area contributed by atoms with Gasteiger partial charge in [0.1, 0.15) is 11.4 Å². The van der Waals surface area contributed by atoms with Crippen LogP contribution in [0.5, 0.6) is 0 Å². The van der Waals surface area contributed by atoms with E-state index in [4.69, 9.17) is 0 Å². The minimum Gasteiger partial charge on any atom is -0.363 e. The lowest BCUT2D eigenvalue weighted by molar-refractivity contribution is -0.173. The number of halogens is 3. The molecule has 0 aliphatic carbocycles. The van der Waals surface area contributed by atoms with Crippen LogP contribution < -0.4 is 5.32 Å². The number of amides is 1. The Bertz CT molecular complexity index is 1370. The minimum absolute atomic E-state index is 0.0362. The number of benzene rings is 2. The van der Waals surface area contributed by atoms with Crippen molar-refractivity contribution < 1.29 is 26.4 Å². The molecule has 2 unspecified atom stereocenters. The summed E-state index contributed by atoms with van der Waals surface area (Å²) < 4.78 is 67.9. The molecule has 1 saturated heterocycles. The van der Waals surface area contributed by atoms with Gasteiger partial charge in [-0.2, -0.15) is 18.3 Å². The Labute approximate surface area is 219 Å². The van der Waals surface area contributed by atoms with Gasteiger partial charge in [-0.05, 0) is 17.7 Å². The maximum absolute atomic E-state index is 13.9. The van der Waals surface area contributed by atoms with E-state index in [1.807, 2.05) is 4.90 Å². The van der Waals surface area contributed by atoms with Crippen LogP contribution in [0.15, 0.2) is 71.8 Å². The zero-order chi connectivity index (χ0) is 26.9.